The molecule has 2 aromatic rings. The van der Waals surface area contributed by atoms with Crippen LogP contribution in [0.4, 0.5) is 5.69 Å². The molecule has 0 unspecified atom stereocenters. The number of nitro groups is 1. The molecule has 0 fully saturated rings. The van der Waals surface area contributed by atoms with Gasteiger partial charge in [-0.25, -0.2) is 0 Å². The molecule has 0 aliphatic carbocycles. The van der Waals surface area contributed by atoms with Crippen LogP contribution in [0.5, 0.6) is 0 Å². The van der Waals surface area contributed by atoms with E-state index in [1.165, 1.54) is 17.8 Å². The van der Waals surface area contributed by atoms with E-state index in [0.29, 0.717) is 5.69 Å². The Labute approximate surface area is 183 Å². The van der Waals surface area contributed by atoms with Crippen molar-refractivity contribution in [3.63, 3.8) is 0 Å². The lowest BCUT2D eigenvalue weighted by molar-refractivity contribution is -0.384. The molecule has 0 radical (unpaired) electrons. The van der Waals surface area contributed by atoms with Crippen molar-refractivity contribution in [2.24, 2.45) is 14.1 Å². The van der Waals surface area contributed by atoms with E-state index in [1.807, 2.05) is 0 Å². The van der Waals surface area contributed by atoms with Crippen molar-refractivity contribution < 1.29 is 14.5 Å². The summed E-state index contributed by atoms with van der Waals surface area (Å²) in [6.45, 7) is 0. The molecule has 0 N–H and O–H groups in total. The lowest BCUT2D eigenvalue weighted by Crippen LogP contribution is -2.21. The molecule has 148 valence electrons. The number of Topliss-reactive ketones (excluding diaryl/α,β-unsaturated/α-hetero) is 2. The van der Waals surface area contributed by atoms with Crippen LogP contribution in [0.3, 0.4) is 0 Å². The largest absolute Gasteiger partial charge is 0.348 e. The van der Waals surface area contributed by atoms with Crippen LogP contribution in [-0.4, -0.2) is 33.2 Å². The number of carbonyl (C=O) groups excluding carboxylic acids is 2. The molecule has 0 spiro atoms. The maximum Gasteiger partial charge on any atom is 0.287 e. The summed E-state index contributed by atoms with van der Waals surface area (Å²) in [6.07, 6.45) is 2.88. The Kier molecular flexibility index (Phi) is 8.05. The second kappa shape index (κ2) is 9.03. The lowest BCUT2D eigenvalue weighted by Gasteiger charge is -2.09. The molecule has 2 aromatic heterocycles. The number of carbonyl (C=O) groups is 2. The summed E-state index contributed by atoms with van der Waals surface area (Å²) in [4.78, 5) is 32.6. The molecule has 0 bridgehead atoms. The minimum absolute atomic E-state index is 0.0262. The Balaban J connectivity index is 0.000000277. The Morgan fingerprint density at radius 3 is 1.78 bits per heavy atom. The molecule has 0 amide bonds. The SMILES string of the molecule is Cn1cc([N+](=O)[O-])cc1C(=O)C(Cl)(Cl)Cl.Cn1cccc1C(=O)C(Cl)(Cl)Cl. The van der Waals surface area contributed by atoms with E-state index < -0.39 is 24.1 Å². The monoisotopic (exact) mass is 495 g/mol. The fraction of sp³-hybridized carbons (Fsp3) is 0.286. The topological polar surface area (TPSA) is 87.1 Å². The number of alkyl halides is 6. The van der Waals surface area contributed by atoms with Gasteiger partial charge in [0, 0.05) is 26.4 Å². The minimum Gasteiger partial charge on any atom is -0.348 e. The van der Waals surface area contributed by atoms with E-state index in [0.717, 1.165) is 6.07 Å². The second-order valence-electron chi connectivity index (χ2n) is 5.11. The van der Waals surface area contributed by atoms with Crippen LogP contribution in [0.15, 0.2) is 30.6 Å². The van der Waals surface area contributed by atoms with E-state index in [2.05, 4.69) is 0 Å². The maximum absolute atomic E-state index is 11.5. The highest BCUT2D eigenvalue weighted by atomic mass is 35.6. The zero-order valence-electron chi connectivity index (χ0n) is 13.6. The molecule has 7 nitrogen and oxygen atoms in total. The predicted molar refractivity (Wildman–Crippen MR) is 107 cm³/mol. The third-order valence-corrected chi connectivity index (χ3v) is 4.16. The number of rotatable bonds is 3. The van der Waals surface area contributed by atoms with Crippen molar-refractivity contribution in [1.82, 2.24) is 9.13 Å². The van der Waals surface area contributed by atoms with Gasteiger partial charge in [0.1, 0.15) is 0 Å². The lowest BCUT2D eigenvalue weighted by atomic mass is 10.3. The van der Waals surface area contributed by atoms with Gasteiger partial charge in [-0.3, -0.25) is 19.7 Å². The fourth-order valence-electron chi connectivity index (χ4n) is 1.86. The van der Waals surface area contributed by atoms with Gasteiger partial charge < -0.3 is 9.13 Å². The quantitative estimate of drug-likeness (QED) is 0.256. The van der Waals surface area contributed by atoms with E-state index >= 15 is 0 Å². The second-order valence-corrected chi connectivity index (χ2v) is 9.67. The molecular formula is C14H11Cl6N3O4. The van der Waals surface area contributed by atoms with Crippen molar-refractivity contribution in [3.05, 3.63) is 52.1 Å². The van der Waals surface area contributed by atoms with Gasteiger partial charge in [0.2, 0.25) is 11.6 Å². The van der Waals surface area contributed by atoms with E-state index in [4.69, 9.17) is 69.6 Å². The summed E-state index contributed by atoms with van der Waals surface area (Å²) < 4.78 is -1.14. The third-order valence-electron chi connectivity index (χ3n) is 3.13. The Hall–Kier alpha value is -0.960. The molecule has 0 aliphatic heterocycles. The van der Waals surface area contributed by atoms with Gasteiger partial charge in [-0.05, 0) is 12.1 Å². The smallest absolute Gasteiger partial charge is 0.287 e. The van der Waals surface area contributed by atoms with Crippen LogP contribution in [0.25, 0.3) is 0 Å². The summed E-state index contributed by atoms with van der Waals surface area (Å²) in [7, 11) is 3.17. The zero-order valence-corrected chi connectivity index (χ0v) is 18.2. The highest BCUT2D eigenvalue weighted by Gasteiger charge is 2.35. The fourth-order valence-corrected chi connectivity index (χ4v) is 2.44. The number of aromatic nitrogens is 2. The standard InChI is InChI=1S/C7H5Cl3N2O3.C7H6Cl3NO/c1-11-3-4(12(14)15)2-5(11)6(13)7(8,9)10;1-11-4-2-3-5(11)6(12)7(8,9)10/h2-3H,1H3;2-4H,1H3. The first-order valence-corrected chi connectivity index (χ1v) is 9.08. The Morgan fingerprint density at radius 2 is 1.44 bits per heavy atom. The normalized spacial score (nSPS) is 11.6. The molecule has 13 heteroatoms. The molecule has 2 heterocycles. The number of ketones is 2. The van der Waals surface area contributed by atoms with Crippen molar-refractivity contribution in [3.8, 4) is 0 Å². The van der Waals surface area contributed by atoms with E-state index in [9.17, 15) is 19.7 Å². The van der Waals surface area contributed by atoms with Gasteiger partial charge in [-0.15, -0.1) is 0 Å². The zero-order chi connectivity index (χ0) is 21.2. The van der Waals surface area contributed by atoms with Crippen LogP contribution in [-0.2, 0) is 14.1 Å². The number of nitrogens with zero attached hydrogens (tertiary/aromatic N) is 3. The van der Waals surface area contributed by atoms with Crippen molar-refractivity contribution in [2.75, 3.05) is 0 Å². The van der Waals surface area contributed by atoms with Crippen molar-refractivity contribution in [2.45, 2.75) is 7.59 Å². The van der Waals surface area contributed by atoms with Crippen LogP contribution >= 0.6 is 69.6 Å². The molecule has 27 heavy (non-hydrogen) atoms. The Morgan fingerprint density at radius 1 is 0.963 bits per heavy atom. The molecule has 0 saturated carbocycles. The number of hydrogen-bond acceptors (Lipinski definition) is 4. The van der Waals surface area contributed by atoms with Gasteiger partial charge in [-0.2, -0.15) is 0 Å². The molecule has 0 aromatic carbocycles. The third kappa shape index (κ3) is 6.55. The molecular weight excluding hydrogens is 487 g/mol. The van der Waals surface area contributed by atoms with E-state index in [-0.39, 0.29) is 11.4 Å². The van der Waals surface area contributed by atoms with Gasteiger partial charge >= 0.3 is 0 Å². The summed E-state index contributed by atoms with van der Waals surface area (Å²) in [6, 6.07) is 4.37. The van der Waals surface area contributed by atoms with Gasteiger partial charge in [-0.1, -0.05) is 69.6 Å². The number of hydrogen-bond donors (Lipinski definition) is 0. The van der Waals surface area contributed by atoms with E-state index in [1.54, 1.807) is 29.9 Å². The summed E-state index contributed by atoms with van der Waals surface area (Å²) in [5.41, 5.74) is 0.131. The number of aryl methyl sites for hydroxylation is 2. The average molecular weight is 498 g/mol. The minimum atomic E-state index is -2.11. The molecule has 2 rings (SSSR count). The first kappa shape index (κ1) is 24.1. The van der Waals surface area contributed by atoms with Gasteiger partial charge in [0.15, 0.2) is 0 Å². The Bertz CT molecular complexity index is 863. The first-order valence-electron chi connectivity index (χ1n) is 6.81. The van der Waals surface area contributed by atoms with Crippen LogP contribution in [0, 0.1) is 10.1 Å². The highest BCUT2D eigenvalue weighted by Crippen LogP contribution is 2.32. The van der Waals surface area contributed by atoms with Crippen LogP contribution < -0.4 is 0 Å². The first-order chi connectivity index (χ1) is 12.2. The summed E-state index contributed by atoms with van der Waals surface area (Å²) >= 11 is 32.4. The van der Waals surface area contributed by atoms with Gasteiger partial charge in [0.25, 0.3) is 13.3 Å². The summed E-state index contributed by atoms with van der Waals surface area (Å²) in [5, 5.41) is 10.4. The molecule has 0 aliphatic rings. The number of halogens is 6. The molecule has 0 atom stereocenters. The average Bonchev–Trinajstić information content (AvgIpc) is 3.10. The maximum atomic E-state index is 11.5. The summed E-state index contributed by atoms with van der Waals surface area (Å²) in [5.74, 6) is -1.32. The highest BCUT2D eigenvalue weighted by molar-refractivity contribution is 6.78. The molecule has 0 saturated heterocycles. The predicted octanol–water partition coefficient (Wildman–Crippen LogP) is 5.06. The van der Waals surface area contributed by atoms with Crippen LogP contribution in [0.1, 0.15) is 21.0 Å². The van der Waals surface area contributed by atoms with Crippen molar-refractivity contribution in [1.29, 1.82) is 0 Å². The van der Waals surface area contributed by atoms with Crippen molar-refractivity contribution >= 4 is 86.9 Å². The van der Waals surface area contributed by atoms with Crippen LogP contribution in [0.2, 0.25) is 0 Å². The van der Waals surface area contributed by atoms with Gasteiger partial charge in [0.05, 0.1) is 22.5 Å².